The van der Waals surface area contributed by atoms with Crippen molar-refractivity contribution < 1.29 is 9.59 Å². The van der Waals surface area contributed by atoms with Gasteiger partial charge in [-0.1, -0.05) is 6.92 Å². The van der Waals surface area contributed by atoms with E-state index < -0.39 is 5.92 Å². The summed E-state index contributed by atoms with van der Waals surface area (Å²) in [4.78, 5) is 20.2. The van der Waals surface area contributed by atoms with Crippen LogP contribution in [0.2, 0.25) is 0 Å². The number of hydrogen-bond donors (Lipinski definition) is 0. The Morgan fingerprint density at radius 3 is 2.25 bits per heavy atom. The molecule has 0 aliphatic rings. The minimum Gasteiger partial charge on any atom is -0.299 e. The summed E-state index contributed by atoms with van der Waals surface area (Å²) in [5.41, 5.74) is 0. The zero-order valence-electron chi connectivity index (χ0n) is 5.10. The lowest BCUT2D eigenvalue weighted by molar-refractivity contribution is -0.118. The molecule has 0 aromatic carbocycles. The van der Waals surface area contributed by atoms with Crippen LogP contribution in [0.25, 0.3) is 0 Å². The lowest BCUT2D eigenvalue weighted by Gasteiger charge is -1.95. The van der Waals surface area contributed by atoms with Crippen LogP contribution in [-0.4, -0.2) is 12.1 Å². The summed E-state index contributed by atoms with van der Waals surface area (Å²) in [6, 6.07) is 0. The standard InChI is InChI=1S/C6H9O2/c1-3-6(4-7)5(2)8/h6H,3H2,1-2H3. The van der Waals surface area contributed by atoms with Crippen molar-refractivity contribution in [3.05, 3.63) is 0 Å². The second kappa shape index (κ2) is 3.36. The van der Waals surface area contributed by atoms with E-state index in [-0.39, 0.29) is 5.78 Å². The number of ketones is 1. The molecule has 0 aromatic heterocycles. The molecule has 0 aromatic rings. The molecule has 0 aliphatic carbocycles. The number of Topliss-reactive ketones (excluding diaryl/α,β-unsaturated/α-hetero) is 1. The normalized spacial score (nSPS) is 12.8. The van der Waals surface area contributed by atoms with Crippen LogP contribution in [0.15, 0.2) is 0 Å². The maximum atomic E-state index is 10.3. The van der Waals surface area contributed by atoms with Crippen LogP contribution < -0.4 is 0 Å². The third kappa shape index (κ3) is 1.87. The van der Waals surface area contributed by atoms with Crippen molar-refractivity contribution in [1.82, 2.24) is 0 Å². The van der Waals surface area contributed by atoms with Gasteiger partial charge in [-0.25, -0.2) is 0 Å². The Hall–Kier alpha value is -0.660. The van der Waals surface area contributed by atoms with E-state index in [2.05, 4.69) is 0 Å². The van der Waals surface area contributed by atoms with Crippen molar-refractivity contribution in [1.29, 1.82) is 0 Å². The smallest absolute Gasteiger partial charge is 0.209 e. The molecule has 1 unspecified atom stereocenters. The van der Waals surface area contributed by atoms with Crippen LogP contribution in [0.3, 0.4) is 0 Å². The van der Waals surface area contributed by atoms with Gasteiger partial charge in [0.25, 0.3) is 0 Å². The summed E-state index contributed by atoms with van der Waals surface area (Å²) in [6.45, 7) is 3.19. The van der Waals surface area contributed by atoms with Crippen LogP contribution in [0.5, 0.6) is 0 Å². The van der Waals surface area contributed by atoms with E-state index in [1.807, 2.05) is 0 Å². The quantitative estimate of drug-likeness (QED) is 0.505. The van der Waals surface area contributed by atoms with Gasteiger partial charge < -0.3 is 0 Å². The molecule has 0 saturated heterocycles. The predicted octanol–water partition coefficient (Wildman–Crippen LogP) is 0.711. The summed E-state index contributed by atoms with van der Waals surface area (Å²) >= 11 is 0. The fourth-order valence-corrected chi connectivity index (χ4v) is 0.454. The van der Waals surface area contributed by atoms with Gasteiger partial charge in [0, 0.05) is 0 Å². The fourth-order valence-electron chi connectivity index (χ4n) is 0.454. The molecular formula is C6H9O2. The Bertz CT molecular complexity index is 96.7. The van der Waals surface area contributed by atoms with Crippen molar-refractivity contribution in [3.63, 3.8) is 0 Å². The van der Waals surface area contributed by atoms with E-state index in [9.17, 15) is 9.59 Å². The lowest BCUT2D eigenvalue weighted by atomic mass is 10.1. The third-order valence-electron chi connectivity index (χ3n) is 1.04. The van der Waals surface area contributed by atoms with E-state index in [0.717, 1.165) is 0 Å². The second-order valence-corrected chi connectivity index (χ2v) is 1.69. The van der Waals surface area contributed by atoms with Crippen LogP contribution in [0.4, 0.5) is 0 Å². The largest absolute Gasteiger partial charge is 0.299 e. The van der Waals surface area contributed by atoms with Gasteiger partial charge >= 0.3 is 0 Å². The molecule has 2 nitrogen and oxygen atoms in total. The summed E-state index contributed by atoms with van der Waals surface area (Å²) in [5, 5.41) is 0. The lowest BCUT2D eigenvalue weighted by Crippen LogP contribution is -2.09. The number of carbonyl (C=O) groups excluding carboxylic acids is 2. The summed E-state index contributed by atoms with van der Waals surface area (Å²) in [5.74, 6) is -0.586. The van der Waals surface area contributed by atoms with Crippen molar-refractivity contribution in [2.24, 2.45) is 5.92 Å². The van der Waals surface area contributed by atoms with E-state index in [4.69, 9.17) is 0 Å². The highest BCUT2D eigenvalue weighted by molar-refractivity contribution is 5.91. The fraction of sp³-hybridized carbons (Fsp3) is 0.667. The van der Waals surface area contributed by atoms with E-state index in [0.29, 0.717) is 6.42 Å². The zero-order chi connectivity index (χ0) is 6.57. The molecular weight excluding hydrogens is 104 g/mol. The van der Waals surface area contributed by atoms with Crippen LogP contribution in [0, 0.1) is 5.92 Å². The minimum absolute atomic E-state index is 0.0949. The van der Waals surface area contributed by atoms with Crippen molar-refractivity contribution in [3.8, 4) is 0 Å². The summed E-state index contributed by atoms with van der Waals surface area (Å²) < 4.78 is 0. The Kier molecular flexibility index (Phi) is 3.08. The average Bonchev–Trinajstić information content (AvgIpc) is 1.69. The third-order valence-corrected chi connectivity index (χ3v) is 1.04. The Balaban J connectivity index is 3.69. The van der Waals surface area contributed by atoms with E-state index in [1.165, 1.54) is 6.92 Å². The zero-order valence-corrected chi connectivity index (χ0v) is 5.10. The molecule has 0 rings (SSSR count). The summed E-state index contributed by atoms with van der Waals surface area (Å²) in [6.07, 6.45) is 2.22. The molecule has 0 fully saturated rings. The molecule has 0 amide bonds. The number of carbonyl (C=O) groups is 1. The average molecular weight is 113 g/mol. The first-order valence-electron chi connectivity index (χ1n) is 2.60. The molecule has 8 heavy (non-hydrogen) atoms. The van der Waals surface area contributed by atoms with Gasteiger partial charge in [-0.2, -0.15) is 0 Å². The minimum atomic E-state index is -0.491. The topological polar surface area (TPSA) is 34.1 Å². The van der Waals surface area contributed by atoms with Crippen molar-refractivity contribution in [2.75, 3.05) is 0 Å². The van der Waals surface area contributed by atoms with Gasteiger partial charge in [0.1, 0.15) is 5.78 Å². The Morgan fingerprint density at radius 1 is 1.75 bits per heavy atom. The SMILES string of the molecule is CCC([C]=O)C(C)=O. The molecule has 1 atom stereocenters. The van der Waals surface area contributed by atoms with Gasteiger partial charge in [-0.3, -0.25) is 9.59 Å². The van der Waals surface area contributed by atoms with Crippen LogP contribution in [0.1, 0.15) is 20.3 Å². The first kappa shape index (κ1) is 7.34. The van der Waals surface area contributed by atoms with Gasteiger partial charge in [-0.05, 0) is 13.3 Å². The van der Waals surface area contributed by atoms with Crippen LogP contribution >= 0.6 is 0 Å². The van der Waals surface area contributed by atoms with Crippen molar-refractivity contribution in [2.45, 2.75) is 20.3 Å². The second-order valence-electron chi connectivity index (χ2n) is 1.69. The Morgan fingerprint density at radius 2 is 2.25 bits per heavy atom. The molecule has 1 radical (unpaired) electrons. The molecule has 0 spiro atoms. The van der Waals surface area contributed by atoms with Gasteiger partial charge in [0.15, 0.2) is 0 Å². The first-order chi connectivity index (χ1) is 3.72. The molecule has 0 bridgehead atoms. The van der Waals surface area contributed by atoms with E-state index >= 15 is 0 Å². The molecule has 0 aliphatic heterocycles. The van der Waals surface area contributed by atoms with Gasteiger partial charge in [-0.15, -0.1) is 0 Å². The summed E-state index contributed by atoms with van der Waals surface area (Å²) in [7, 11) is 0. The first-order valence-corrected chi connectivity index (χ1v) is 2.60. The Labute approximate surface area is 48.9 Å². The van der Waals surface area contributed by atoms with Crippen molar-refractivity contribution >= 4 is 12.1 Å². The maximum absolute atomic E-state index is 10.3. The molecule has 2 heteroatoms. The number of hydrogen-bond acceptors (Lipinski definition) is 2. The molecule has 0 N–H and O–H groups in total. The molecule has 0 heterocycles. The molecule has 0 saturated carbocycles. The van der Waals surface area contributed by atoms with Gasteiger partial charge in [0.05, 0.1) is 5.92 Å². The van der Waals surface area contributed by atoms with Crippen LogP contribution in [-0.2, 0) is 9.59 Å². The van der Waals surface area contributed by atoms with Gasteiger partial charge in [0.2, 0.25) is 6.29 Å². The predicted molar refractivity (Wildman–Crippen MR) is 30.2 cm³/mol. The monoisotopic (exact) mass is 113 g/mol. The highest BCUT2D eigenvalue weighted by atomic mass is 16.1. The molecule has 45 valence electrons. The van der Waals surface area contributed by atoms with E-state index in [1.54, 1.807) is 13.2 Å². The maximum Gasteiger partial charge on any atom is 0.209 e. The highest BCUT2D eigenvalue weighted by Crippen LogP contribution is 1.97. The highest BCUT2D eigenvalue weighted by Gasteiger charge is 2.09. The number of rotatable bonds is 3.